The smallest absolute Gasteiger partial charge is 0.329 e. The molecule has 37 heavy (non-hydrogen) atoms. The van der Waals surface area contributed by atoms with E-state index < -0.39 is 35.2 Å². The van der Waals surface area contributed by atoms with E-state index in [9.17, 15) is 24.3 Å². The molecule has 0 aliphatic heterocycles. The van der Waals surface area contributed by atoms with E-state index in [2.05, 4.69) is 15.3 Å². The lowest BCUT2D eigenvalue weighted by atomic mass is 10.0. The molecule has 5 aromatic rings. The Bertz CT molecular complexity index is 1720. The normalized spacial score (nSPS) is 12.9. The monoisotopic (exact) mass is 496 g/mol. The van der Waals surface area contributed by atoms with Gasteiger partial charge in [0, 0.05) is 29.9 Å². The van der Waals surface area contributed by atoms with Gasteiger partial charge in [-0.25, -0.2) is 14.2 Å². The fraction of sp³-hybridized carbons (Fsp3) is 0.143. The summed E-state index contributed by atoms with van der Waals surface area (Å²) in [4.78, 5) is 57.9. The van der Waals surface area contributed by atoms with Crippen molar-refractivity contribution in [3.63, 3.8) is 0 Å². The Kier molecular flexibility index (Phi) is 6.42. The van der Waals surface area contributed by atoms with E-state index in [1.807, 2.05) is 30.3 Å². The molecule has 0 aliphatic carbocycles. The number of amides is 1. The van der Waals surface area contributed by atoms with Gasteiger partial charge >= 0.3 is 11.7 Å². The molecule has 9 heteroatoms. The average molecular weight is 497 g/mol. The molecule has 3 aromatic carbocycles. The molecule has 0 saturated carbocycles. The van der Waals surface area contributed by atoms with Crippen LogP contribution >= 0.6 is 0 Å². The van der Waals surface area contributed by atoms with E-state index in [-0.39, 0.29) is 18.2 Å². The van der Waals surface area contributed by atoms with Gasteiger partial charge in [0.2, 0.25) is 5.91 Å². The third kappa shape index (κ3) is 4.79. The van der Waals surface area contributed by atoms with Gasteiger partial charge in [-0.05, 0) is 29.3 Å². The summed E-state index contributed by atoms with van der Waals surface area (Å²) >= 11 is 0. The minimum Gasteiger partial charge on any atom is -0.480 e. The van der Waals surface area contributed by atoms with Gasteiger partial charge in [0.05, 0.1) is 10.9 Å². The zero-order valence-corrected chi connectivity index (χ0v) is 19.7. The SMILES string of the molecule is O=C(O)[C@H](Cc1c[nH]c2ccccc12)NC(=O)[C@H](Cc1ccccc1)n1c(=O)[nH]c2ccccc2c1=O. The van der Waals surface area contributed by atoms with Gasteiger partial charge in [0.15, 0.2) is 0 Å². The van der Waals surface area contributed by atoms with Crippen molar-refractivity contribution in [1.29, 1.82) is 0 Å². The summed E-state index contributed by atoms with van der Waals surface area (Å²) in [5.41, 5.74) is 1.27. The third-order valence-electron chi connectivity index (χ3n) is 6.44. The molecule has 0 aliphatic rings. The quantitative estimate of drug-likeness (QED) is 0.262. The number of nitrogens with one attached hydrogen (secondary N) is 3. The van der Waals surface area contributed by atoms with Crippen LogP contribution < -0.4 is 16.6 Å². The first-order valence-corrected chi connectivity index (χ1v) is 11.8. The molecule has 0 radical (unpaired) electrons. The molecule has 5 rings (SSSR count). The van der Waals surface area contributed by atoms with E-state index in [0.29, 0.717) is 11.1 Å². The summed E-state index contributed by atoms with van der Waals surface area (Å²) in [5, 5.41) is 13.6. The molecule has 2 heterocycles. The molecular formula is C28H24N4O5. The number of benzene rings is 3. The number of para-hydroxylation sites is 2. The number of aliphatic carboxylic acids is 1. The summed E-state index contributed by atoms with van der Waals surface area (Å²) in [6, 6.07) is 20.4. The Morgan fingerprint density at radius 3 is 2.22 bits per heavy atom. The summed E-state index contributed by atoms with van der Waals surface area (Å²) in [6.45, 7) is 0. The molecule has 0 bridgehead atoms. The number of fused-ring (bicyclic) bond motifs is 2. The lowest BCUT2D eigenvalue weighted by Crippen LogP contribution is -2.50. The number of hydrogen-bond acceptors (Lipinski definition) is 4. The van der Waals surface area contributed by atoms with Crippen molar-refractivity contribution in [3.8, 4) is 0 Å². The number of H-pyrrole nitrogens is 2. The van der Waals surface area contributed by atoms with E-state index >= 15 is 0 Å². The highest BCUT2D eigenvalue weighted by Crippen LogP contribution is 2.20. The molecular weight excluding hydrogens is 472 g/mol. The Balaban J connectivity index is 1.52. The summed E-state index contributed by atoms with van der Waals surface area (Å²) in [6.07, 6.45) is 1.76. The van der Waals surface area contributed by atoms with Crippen LogP contribution in [0.15, 0.2) is 94.6 Å². The number of hydrogen-bond donors (Lipinski definition) is 4. The zero-order chi connectivity index (χ0) is 25.9. The largest absolute Gasteiger partial charge is 0.480 e. The first-order valence-electron chi connectivity index (χ1n) is 11.8. The average Bonchev–Trinajstić information content (AvgIpc) is 3.31. The standard InChI is InChI=1S/C28H24N4O5/c33-25(30-23(27(35)36)15-18-16-29-21-12-6-4-10-19(18)21)24(14-17-8-2-1-3-9-17)32-26(34)20-11-5-7-13-22(20)31-28(32)37/h1-13,16,23-24,29H,14-15H2,(H,30,33)(H,31,37)(H,35,36)/t23-,24-/m0/s1. The Labute approximate surface area is 210 Å². The second-order valence-corrected chi connectivity index (χ2v) is 8.82. The first-order chi connectivity index (χ1) is 17.9. The van der Waals surface area contributed by atoms with Gasteiger partial charge < -0.3 is 20.4 Å². The fourth-order valence-corrected chi connectivity index (χ4v) is 4.59. The van der Waals surface area contributed by atoms with Crippen molar-refractivity contribution in [2.24, 2.45) is 0 Å². The van der Waals surface area contributed by atoms with Crippen LogP contribution in [0.25, 0.3) is 21.8 Å². The summed E-state index contributed by atoms with van der Waals surface area (Å²) in [7, 11) is 0. The first kappa shape index (κ1) is 23.8. The van der Waals surface area contributed by atoms with Crippen LogP contribution in [0, 0.1) is 0 Å². The van der Waals surface area contributed by atoms with Crippen molar-refractivity contribution in [3.05, 3.63) is 117 Å². The highest BCUT2D eigenvalue weighted by molar-refractivity contribution is 5.88. The maximum atomic E-state index is 13.6. The van der Waals surface area contributed by atoms with Crippen molar-refractivity contribution < 1.29 is 14.7 Å². The van der Waals surface area contributed by atoms with E-state index in [1.165, 1.54) is 0 Å². The maximum absolute atomic E-state index is 13.6. The zero-order valence-electron chi connectivity index (χ0n) is 19.7. The van der Waals surface area contributed by atoms with Crippen LogP contribution in [0.1, 0.15) is 17.2 Å². The van der Waals surface area contributed by atoms with E-state index in [4.69, 9.17) is 0 Å². The molecule has 2 aromatic heterocycles. The highest BCUT2D eigenvalue weighted by Gasteiger charge is 2.30. The van der Waals surface area contributed by atoms with Gasteiger partial charge in [-0.3, -0.25) is 9.59 Å². The lowest BCUT2D eigenvalue weighted by Gasteiger charge is -2.22. The van der Waals surface area contributed by atoms with E-state index in [1.54, 1.807) is 54.7 Å². The number of carboxylic acids is 1. The molecule has 0 fully saturated rings. The van der Waals surface area contributed by atoms with Gasteiger partial charge in [0.25, 0.3) is 5.56 Å². The molecule has 4 N–H and O–H groups in total. The number of carbonyl (C=O) groups is 2. The maximum Gasteiger partial charge on any atom is 0.329 e. The second-order valence-electron chi connectivity index (χ2n) is 8.82. The van der Waals surface area contributed by atoms with Crippen LogP contribution in [0.2, 0.25) is 0 Å². The van der Waals surface area contributed by atoms with Gasteiger partial charge in [-0.15, -0.1) is 0 Å². The van der Waals surface area contributed by atoms with Crippen LogP contribution in [0.3, 0.4) is 0 Å². The van der Waals surface area contributed by atoms with Gasteiger partial charge in [0.1, 0.15) is 12.1 Å². The predicted molar refractivity (Wildman–Crippen MR) is 140 cm³/mol. The molecule has 186 valence electrons. The number of aromatic nitrogens is 3. The molecule has 0 saturated heterocycles. The van der Waals surface area contributed by atoms with Gasteiger partial charge in [-0.2, -0.15) is 0 Å². The topological polar surface area (TPSA) is 137 Å². The fourth-order valence-electron chi connectivity index (χ4n) is 4.59. The van der Waals surface area contributed by atoms with Crippen LogP contribution in [-0.2, 0) is 22.4 Å². The number of aromatic amines is 2. The predicted octanol–water partition coefficient (Wildman–Crippen LogP) is 2.77. The molecule has 2 atom stereocenters. The van der Waals surface area contributed by atoms with Crippen molar-refractivity contribution in [2.75, 3.05) is 0 Å². The number of carboxylic acid groups (broad SMARTS) is 1. The number of carbonyl (C=O) groups excluding carboxylic acids is 1. The minimum atomic E-state index is -1.28. The van der Waals surface area contributed by atoms with Crippen molar-refractivity contribution in [1.82, 2.24) is 19.9 Å². The van der Waals surface area contributed by atoms with Gasteiger partial charge in [-0.1, -0.05) is 60.7 Å². The van der Waals surface area contributed by atoms with Crippen LogP contribution in [0.5, 0.6) is 0 Å². The van der Waals surface area contributed by atoms with Crippen molar-refractivity contribution in [2.45, 2.75) is 24.9 Å². The number of nitrogens with zero attached hydrogens (tertiary/aromatic N) is 1. The minimum absolute atomic E-state index is 0.0200. The molecule has 1 amide bonds. The van der Waals surface area contributed by atoms with Crippen LogP contribution in [-0.4, -0.2) is 37.6 Å². The molecule has 0 unspecified atom stereocenters. The van der Waals surface area contributed by atoms with Crippen molar-refractivity contribution >= 4 is 33.7 Å². The molecule has 0 spiro atoms. The summed E-state index contributed by atoms with van der Waals surface area (Å²) in [5.74, 6) is -1.96. The Morgan fingerprint density at radius 1 is 0.838 bits per heavy atom. The second kappa shape index (κ2) is 9.98. The Hall–Kier alpha value is -4.92. The lowest BCUT2D eigenvalue weighted by molar-refractivity contribution is -0.142. The highest BCUT2D eigenvalue weighted by atomic mass is 16.4. The Morgan fingerprint density at radius 2 is 1.49 bits per heavy atom. The van der Waals surface area contributed by atoms with Crippen LogP contribution in [0.4, 0.5) is 0 Å². The molecule has 9 nitrogen and oxygen atoms in total. The van der Waals surface area contributed by atoms with E-state index in [0.717, 1.165) is 21.0 Å². The third-order valence-corrected chi connectivity index (χ3v) is 6.44. The number of rotatable bonds is 8. The summed E-state index contributed by atoms with van der Waals surface area (Å²) < 4.78 is 0.870.